The van der Waals surface area contributed by atoms with Crippen molar-refractivity contribution in [2.24, 2.45) is 0 Å². The second kappa shape index (κ2) is 5.50. The summed E-state index contributed by atoms with van der Waals surface area (Å²) in [5.41, 5.74) is 0.451. The largest absolute Gasteiger partial charge is 0.497 e. The first-order valence-electron chi connectivity index (χ1n) is 5.44. The highest BCUT2D eigenvalue weighted by molar-refractivity contribution is 7.92. The molecule has 0 fully saturated rings. The maximum atomic E-state index is 12.2. The van der Waals surface area contributed by atoms with Crippen LogP contribution in [0.2, 0.25) is 5.02 Å². The number of sulfonamides is 1. The molecular weight excluding hydrogens is 286 g/mol. The van der Waals surface area contributed by atoms with Gasteiger partial charge in [0.15, 0.2) is 0 Å². The SMILES string of the molecule is COc1cccc(S(=O)(=O)Nc2ccc(Cl)cc2)c1. The van der Waals surface area contributed by atoms with E-state index in [1.165, 1.54) is 19.2 Å². The molecule has 0 aliphatic rings. The summed E-state index contributed by atoms with van der Waals surface area (Å²) >= 11 is 5.75. The van der Waals surface area contributed by atoms with Crippen LogP contribution in [0.1, 0.15) is 0 Å². The van der Waals surface area contributed by atoms with Gasteiger partial charge in [-0.2, -0.15) is 0 Å². The number of nitrogens with one attached hydrogen (secondary N) is 1. The quantitative estimate of drug-likeness (QED) is 0.943. The average molecular weight is 298 g/mol. The normalized spacial score (nSPS) is 11.1. The molecule has 2 aromatic carbocycles. The maximum absolute atomic E-state index is 12.2. The molecule has 0 saturated heterocycles. The van der Waals surface area contributed by atoms with Crippen LogP contribution in [-0.4, -0.2) is 15.5 Å². The van der Waals surface area contributed by atoms with Crippen molar-refractivity contribution >= 4 is 27.3 Å². The van der Waals surface area contributed by atoms with Gasteiger partial charge >= 0.3 is 0 Å². The lowest BCUT2D eigenvalue weighted by atomic mass is 10.3. The number of benzene rings is 2. The first kappa shape index (κ1) is 13.7. The zero-order valence-electron chi connectivity index (χ0n) is 10.1. The molecule has 2 rings (SSSR count). The van der Waals surface area contributed by atoms with E-state index in [2.05, 4.69) is 4.72 Å². The van der Waals surface area contributed by atoms with E-state index < -0.39 is 10.0 Å². The van der Waals surface area contributed by atoms with Gasteiger partial charge in [0.05, 0.1) is 12.0 Å². The second-order valence-corrected chi connectivity index (χ2v) is 5.91. The van der Waals surface area contributed by atoms with Gasteiger partial charge in [-0.1, -0.05) is 17.7 Å². The van der Waals surface area contributed by atoms with Crippen molar-refractivity contribution in [3.63, 3.8) is 0 Å². The van der Waals surface area contributed by atoms with E-state index in [0.717, 1.165) is 0 Å². The number of rotatable bonds is 4. The first-order chi connectivity index (χ1) is 9.01. The molecule has 100 valence electrons. The minimum atomic E-state index is -3.63. The third-order valence-corrected chi connectivity index (χ3v) is 4.08. The van der Waals surface area contributed by atoms with Crippen molar-refractivity contribution in [2.45, 2.75) is 4.90 Å². The molecule has 0 aromatic heterocycles. The van der Waals surface area contributed by atoms with Crippen molar-refractivity contribution in [2.75, 3.05) is 11.8 Å². The van der Waals surface area contributed by atoms with E-state index in [-0.39, 0.29) is 4.90 Å². The van der Waals surface area contributed by atoms with E-state index in [1.807, 2.05) is 0 Å². The van der Waals surface area contributed by atoms with Gasteiger partial charge in [0.25, 0.3) is 10.0 Å². The van der Waals surface area contributed by atoms with Gasteiger partial charge in [-0.05, 0) is 36.4 Å². The Labute approximate surface area is 117 Å². The summed E-state index contributed by atoms with van der Waals surface area (Å²) in [7, 11) is -2.15. The van der Waals surface area contributed by atoms with Gasteiger partial charge < -0.3 is 4.74 Å². The summed E-state index contributed by atoms with van der Waals surface area (Å²) < 4.78 is 31.8. The Bertz CT molecular complexity index is 669. The van der Waals surface area contributed by atoms with Crippen molar-refractivity contribution in [1.82, 2.24) is 0 Å². The Hall–Kier alpha value is -1.72. The molecule has 0 atom stereocenters. The van der Waals surface area contributed by atoms with Gasteiger partial charge in [0.2, 0.25) is 0 Å². The lowest BCUT2D eigenvalue weighted by Gasteiger charge is -2.09. The molecule has 0 spiro atoms. The Morgan fingerprint density at radius 2 is 1.79 bits per heavy atom. The van der Waals surface area contributed by atoms with Gasteiger partial charge in [0.1, 0.15) is 5.75 Å². The van der Waals surface area contributed by atoms with Crippen LogP contribution < -0.4 is 9.46 Å². The molecule has 0 heterocycles. The van der Waals surface area contributed by atoms with Gasteiger partial charge in [-0.3, -0.25) is 4.72 Å². The van der Waals surface area contributed by atoms with E-state index in [1.54, 1.807) is 36.4 Å². The molecule has 0 radical (unpaired) electrons. The Morgan fingerprint density at radius 1 is 1.11 bits per heavy atom. The predicted molar refractivity (Wildman–Crippen MR) is 75.3 cm³/mol. The molecule has 6 heteroatoms. The van der Waals surface area contributed by atoms with Crippen molar-refractivity contribution in [3.05, 3.63) is 53.6 Å². The van der Waals surface area contributed by atoms with Crippen LogP contribution in [0.4, 0.5) is 5.69 Å². The Kier molecular flexibility index (Phi) is 3.97. The predicted octanol–water partition coefficient (Wildman–Crippen LogP) is 3.15. The van der Waals surface area contributed by atoms with Crippen LogP contribution in [0.5, 0.6) is 5.75 Å². The van der Waals surface area contributed by atoms with Crippen molar-refractivity contribution in [3.8, 4) is 5.75 Å². The van der Waals surface area contributed by atoms with Crippen LogP contribution in [0.3, 0.4) is 0 Å². The zero-order valence-corrected chi connectivity index (χ0v) is 11.7. The smallest absolute Gasteiger partial charge is 0.262 e. The van der Waals surface area contributed by atoms with E-state index in [9.17, 15) is 8.42 Å². The van der Waals surface area contributed by atoms with Crippen LogP contribution in [0, 0.1) is 0 Å². The molecule has 19 heavy (non-hydrogen) atoms. The van der Waals surface area contributed by atoms with Gasteiger partial charge in [-0.15, -0.1) is 0 Å². The fourth-order valence-electron chi connectivity index (χ4n) is 1.50. The molecule has 0 unspecified atom stereocenters. The van der Waals surface area contributed by atoms with Crippen LogP contribution in [-0.2, 0) is 10.0 Å². The minimum absolute atomic E-state index is 0.141. The third-order valence-electron chi connectivity index (χ3n) is 2.45. The minimum Gasteiger partial charge on any atom is -0.497 e. The summed E-state index contributed by atoms with van der Waals surface area (Å²) in [4.78, 5) is 0.141. The average Bonchev–Trinajstić information content (AvgIpc) is 2.41. The summed E-state index contributed by atoms with van der Waals surface area (Å²) in [5, 5.41) is 0.546. The topological polar surface area (TPSA) is 55.4 Å². The fraction of sp³-hybridized carbons (Fsp3) is 0.0769. The van der Waals surface area contributed by atoms with E-state index >= 15 is 0 Å². The summed E-state index contributed by atoms with van der Waals surface area (Å²) in [6.45, 7) is 0. The Balaban J connectivity index is 2.29. The summed E-state index contributed by atoms with van der Waals surface area (Å²) in [6, 6.07) is 12.7. The monoisotopic (exact) mass is 297 g/mol. The highest BCUT2D eigenvalue weighted by atomic mass is 35.5. The van der Waals surface area contributed by atoms with E-state index in [4.69, 9.17) is 16.3 Å². The number of hydrogen-bond acceptors (Lipinski definition) is 3. The molecular formula is C13H12ClNO3S. The molecule has 4 nitrogen and oxygen atoms in total. The zero-order chi connectivity index (χ0) is 13.9. The van der Waals surface area contributed by atoms with E-state index in [0.29, 0.717) is 16.5 Å². The lowest BCUT2D eigenvalue weighted by molar-refractivity contribution is 0.413. The fourth-order valence-corrected chi connectivity index (χ4v) is 2.72. The maximum Gasteiger partial charge on any atom is 0.262 e. The first-order valence-corrected chi connectivity index (χ1v) is 7.30. The lowest BCUT2D eigenvalue weighted by Crippen LogP contribution is -2.12. The number of hydrogen-bond donors (Lipinski definition) is 1. The second-order valence-electron chi connectivity index (χ2n) is 3.79. The molecule has 2 aromatic rings. The standard InChI is InChI=1S/C13H12ClNO3S/c1-18-12-3-2-4-13(9-12)19(16,17)15-11-7-5-10(14)6-8-11/h2-9,15H,1H3. The van der Waals surface area contributed by atoms with Crippen molar-refractivity contribution < 1.29 is 13.2 Å². The number of ether oxygens (including phenoxy) is 1. The molecule has 0 amide bonds. The number of anilines is 1. The molecule has 0 bridgehead atoms. The van der Waals surface area contributed by atoms with Crippen LogP contribution >= 0.6 is 11.6 Å². The summed E-state index contributed by atoms with van der Waals surface area (Å²) in [5.74, 6) is 0.485. The molecule has 1 N–H and O–H groups in total. The van der Waals surface area contributed by atoms with Crippen molar-refractivity contribution in [1.29, 1.82) is 0 Å². The highest BCUT2D eigenvalue weighted by Crippen LogP contribution is 2.21. The molecule has 0 aliphatic heterocycles. The number of halogens is 1. The van der Waals surface area contributed by atoms with Gasteiger partial charge in [0, 0.05) is 16.8 Å². The molecule has 0 saturated carbocycles. The van der Waals surface area contributed by atoms with Gasteiger partial charge in [-0.25, -0.2) is 8.42 Å². The van der Waals surface area contributed by atoms with Crippen LogP contribution in [0.25, 0.3) is 0 Å². The highest BCUT2D eigenvalue weighted by Gasteiger charge is 2.14. The Morgan fingerprint density at radius 3 is 2.42 bits per heavy atom. The molecule has 0 aliphatic carbocycles. The summed E-state index contributed by atoms with van der Waals surface area (Å²) in [6.07, 6.45) is 0. The number of methoxy groups -OCH3 is 1. The van der Waals surface area contributed by atoms with Crippen LogP contribution in [0.15, 0.2) is 53.4 Å². The third kappa shape index (κ3) is 3.39.